The summed E-state index contributed by atoms with van der Waals surface area (Å²) in [5.41, 5.74) is 6.28. The van der Waals surface area contributed by atoms with Crippen LogP contribution in [0.4, 0.5) is 5.69 Å². The van der Waals surface area contributed by atoms with Crippen LogP contribution in [0.1, 0.15) is 12.0 Å². The molecule has 0 aliphatic heterocycles. The van der Waals surface area contributed by atoms with Crippen molar-refractivity contribution >= 4 is 11.6 Å². The van der Waals surface area contributed by atoms with Gasteiger partial charge in [-0.3, -0.25) is 14.9 Å². The van der Waals surface area contributed by atoms with Crippen molar-refractivity contribution in [1.29, 1.82) is 0 Å². The molecule has 100 valence electrons. The minimum atomic E-state index is -0.742. The number of terminal acetylenes is 1. The van der Waals surface area contributed by atoms with Gasteiger partial charge in [-0.15, -0.1) is 12.3 Å². The number of rotatable bonds is 5. The Labute approximate surface area is 111 Å². The summed E-state index contributed by atoms with van der Waals surface area (Å²) in [5.74, 6) is 2.04. The molecule has 1 rings (SSSR count). The number of non-ortho nitro benzene ring substituents is 1. The van der Waals surface area contributed by atoms with Gasteiger partial charge in [0.05, 0.1) is 11.0 Å². The SMILES string of the molecule is C#CCC(N)C(=O)N(C)Cc1cccc([N+](=O)[O-])c1. The monoisotopic (exact) mass is 261 g/mol. The van der Waals surface area contributed by atoms with Crippen LogP contribution in [0, 0.1) is 22.5 Å². The predicted octanol–water partition coefficient (Wildman–Crippen LogP) is 0.904. The molecule has 6 nitrogen and oxygen atoms in total. The van der Waals surface area contributed by atoms with Gasteiger partial charge in [0.25, 0.3) is 5.69 Å². The van der Waals surface area contributed by atoms with Crippen molar-refractivity contribution in [2.75, 3.05) is 7.05 Å². The van der Waals surface area contributed by atoms with Crippen molar-refractivity contribution in [2.45, 2.75) is 19.0 Å². The van der Waals surface area contributed by atoms with E-state index >= 15 is 0 Å². The Morgan fingerprint density at radius 2 is 2.32 bits per heavy atom. The fourth-order valence-corrected chi connectivity index (χ4v) is 1.62. The smallest absolute Gasteiger partial charge is 0.269 e. The first kappa shape index (κ1) is 14.7. The van der Waals surface area contributed by atoms with Crippen molar-refractivity contribution < 1.29 is 9.72 Å². The van der Waals surface area contributed by atoms with Gasteiger partial charge < -0.3 is 10.6 Å². The Hall–Kier alpha value is -2.39. The molecule has 1 unspecified atom stereocenters. The molecule has 0 radical (unpaired) electrons. The number of nitrogens with zero attached hydrogens (tertiary/aromatic N) is 2. The van der Waals surface area contributed by atoms with Gasteiger partial charge in [0, 0.05) is 32.1 Å². The van der Waals surface area contributed by atoms with E-state index in [0.717, 1.165) is 0 Å². The molecule has 1 aromatic carbocycles. The molecule has 0 spiro atoms. The summed E-state index contributed by atoms with van der Waals surface area (Å²) in [6.07, 6.45) is 5.26. The number of carbonyl (C=O) groups excluding carboxylic acids is 1. The van der Waals surface area contributed by atoms with E-state index < -0.39 is 11.0 Å². The normalized spacial score (nSPS) is 11.4. The van der Waals surface area contributed by atoms with Gasteiger partial charge in [0.2, 0.25) is 5.91 Å². The van der Waals surface area contributed by atoms with Crippen LogP contribution >= 0.6 is 0 Å². The van der Waals surface area contributed by atoms with Crippen LogP contribution in [0.3, 0.4) is 0 Å². The van der Waals surface area contributed by atoms with Crippen LogP contribution in [0.25, 0.3) is 0 Å². The fraction of sp³-hybridized carbons (Fsp3) is 0.308. The maximum atomic E-state index is 11.8. The molecule has 6 heteroatoms. The van der Waals surface area contributed by atoms with Crippen molar-refractivity contribution in [3.8, 4) is 12.3 Å². The number of nitro groups is 1. The highest BCUT2D eigenvalue weighted by Gasteiger charge is 2.17. The number of benzene rings is 1. The van der Waals surface area contributed by atoms with E-state index in [4.69, 9.17) is 12.2 Å². The number of hydrogen-bond donors (Lipinski definition) is 1. The predicted molar refractivity (Wildman–Crippen MR) is 71.0 cm³/mol. The van der Waals surface area contributed by atoms with Crippen molar-refractivity contribution in [1.82, 2.24) is 4.90 Å². The number of carbonyl (C=O) groups is 1. The van der Waals surface area contributed by atoms with E-state index in [1.54, 1.807) is 19.2 Å². The van der Waals surface area contributed by atoms with Crippen molar-refractivity contribution in [2.24, 2.45) is 5.73 Å². The fourth-order valence-electron chi connectivity index (χ4n) is 1.62. The minimum absolute atomic E-state index is 0.00808. The second-order valence-corrected chi connectivity index (χ2v) is 4.14. The van der Waals surface area contributed by atoms with Crippen LogP contribution in [-0.4, -0.2) is 28.8 Å². The number of amides is 1. The Morgan fingerprint density at radius 1 is 1.63 bits per heavy atom. The molecule has 1 amide bonds. The van der Waals surface area contributed by atoms with Crippen LogP contribution in [0.15, 0.2) is 24.3 Å². The Balaban J connectivity index is 2.74. The summed E-state index contributed by atoms with van der Waals surface area (Å²) in [4.78, 5) is 23.4. The van der Waals surface area contributed by atoms with E-state index in [9.17, 15) is 14.9 Å². The molecule has 1 atom stereocenters. The molecule has 0 heterocycles. The maximum absolute atomic E-state index is 11.8. The molecule has 0 saturated heterocycles. The van der Waals surface area contributed by atoms with Crippen LogP contribution in [0.5, 0.6) is 0 Å². The quantitative estimate of drug-likeness (QED) is 0.484. The molecular weight excluding hydrogens is 246 g/mol. The molecule has 19 heavy (non-hydrogen) atoms. The van der Waals surface area contributed by atoms with E-state index in [2.05, 4.69) is 5.92 Å². The summed E-state index contributed by atoms with van der Waals surface area (Å²) in [6, 6.07) is 5.37. The zero-order valence-electron chi connectivity index (χ0n) is 10.6. The first-order chi connectivity index (χ1) is 8.95. The van der Waals surface area contributed by atoms with Crippen molar-refractivity contribution in [3.05, 3.63) is 39.9 Å². The molecule has 2 N–H and O–H groups in total. The Bertz CT molecular complexity index is 522. The van der Waals surface area contributed by atoms with E-state index in [-0.39, 0.29) is 24.6 Å². The third-order valence-electron chi connectivity index (χ3n) is 2.57. The second kappa shape index (κ2) is 6.52. The van der Waals surface area contributed by atoms with E-state index in [0.29, 0.717) is 5.56 Å². The summed E-state index contributed by atoms with van der Waals surface area (Å²) in [7, 11) is 1.58. The molecule has 0 bridgehead atoms. The number of hydrogen-bond acceptors (Lipinski definition) is 4. The average Bonchev–Trinajstić information content (AvgIpc) is 2.38. The largest absolute Gasteiger partial charge is 0.340 e. The molecule has 0 aromatic heterocycles. The van der Waals surface area contributed by atoms with Gasteiger partial charge in [-0.2, -0.15) is 0 Å². The zero-order chi connectivity index (χ0) is 14.4. The lowest BCUT2D eigenvalue weighted by Gasteiger charge is -2.20. The third kappa shape index (κ3) is 4.08. The van der Waals surface area contributed by atoms with Crippen LogP contribution in [-0.2, 0) is 11.3 Å². The summed E-state index contributed by atoms with van der Waals surface area (Å²) in [5, 5.41) is 10.6. The molecule has 0 aliphatic carbocycles. The van der Waals surface area contributed by atoms with Gasteiger partial charge in [0.1, 0.15) is 0 Å². The first-order valence-corrected chi connectivity index (χ1v) is 5.63. The first-order valence-electron chi connectivity index (χ1n) is 5.63. The van der Waals surface area contributed by atoms with Gasteiger partial charge in [-0.25, -0.2) is 0 Å². The number of likely N-dealkylation sites (N-methyl/N-ethyl adjacent to an activating group) is 1. The molecule has 1 aromatic rings. The Kier molecular flexibility index (Phi) is 5.03. The number of nitro benzene ring substituents is 1. The van der Waals surface area contributed by atoms with Crippen LogP contribution < -0.4 is 5.73 Å². The molecule has 0 aliphatic rings. The van der Waals surface area contributed by atoms with E-state index in [1.807, 2.05) is 0 Å². The number of nitrogens with two attached hydrogens (primary N) is 1. The molecule has 0 fully saturated rings. The minimum Gasteiger partial charge on any atom is -0.340 e. The molecule has 0 saturated carbocycles. The summed E-state index contributed by atoms with van der Waals surface area (Å²) >= 11 is 0. The summed E-state index contributed by atoms with van der Waals surface area (Å²) in [6.45, 7) is 0.249. The zero-order valence-corrected chi connectivity index (χ0v) is 10.6. The second-order valence-electron chi connectivity index (χ2n) is 4.14. The van der Waals surface area contributed by atoms with Gasteiger partial charge >= 0.3 is 0 Å². The highest BCUT2D eigenvalue weighted by Crippen LogP contribution is 2.14. The summed E-state index contributed by atoms with van der Waals surface area (Å²) < 4.78 is 0. The lowest BCUT2D eigenvalue weighted by atomic mass is 10.1. The Morgan fingerprint density at radius 3 is 2.89 bits per heavy atom. The average molecular weight is 261 g/mol. The lowest BCUT2D eigenvalue weighted by Crippen LogP contribution is -2.41. The highest BCUT2D eigenvalue weighted by atomic mass is 16.6. The maximum Gasteiger partial charge on any atom is 0.269 e. The van der Waals surface area contributed by atoms with Gasteiger partial charge in [-0.05, 0) is 5.56 Å². The standard InChI is InChI=1S/C13H15N3O3/c1-3-5-12(14)13(17)15(2)9-10-6-4-7-11(8-10)16(18)19/h1,4,6-8,12H,5,9,14H2,2H3. The topological polar surface area (TPSA) is 89.5 Å². The van der Waals surface area contributed by atoms with Crippen molar-refractivity contribution in [3.63, 3.8) is 0 Å². The van der Waals surface area contributed by atoms with Gasteiger partial charge in [-0.1, -0.05) is 12.1 Å². The van der Waals surface area contributed by atoms with E-state index in [1.165, 1.54) is 17.0 Å². The van der Waals surface area contributed by atoms with Gasteiger partial charge in [0.15, 0.2) is 0 Å². The van der Waals surface area contributed by atoms with Crippen LogP contribution in [0.2, 0.25) is 0 Å². The lowest BCUT2D eigenvalue weighted by molar-refractivity contribution is -0.384. The highest BCUT2D eigenvalue weighted by molar-refractivity contribution is 5.81. The molecular formula is C13H15N3O3. The third-order valence-corrected chi connectivity index (χ3v) is 2.57.